The highest BCUT2D eigenvalue weighted by molar-refractivity contribution is 5.74. The molecule has 1 aromatic rings. The van der Waals surface area contributed by atoms with Crippen LogP contribution in [-0.2, 0) is 6.42 Å². The third kappa shape index (κ3) is 4.94. The minimum Gasteiger partial charge on any atom is -0.335 e. The lowest BCUT2D eigenvalue weighted by atomic mass is 9.96. The van der Waals surface area contributed by atoms with Gasteiger partial charge in [0.25, 0.3) is 0 Å². The van der Waals surface area contributed by atoms with Gasteiger partial charge in [-0.2, -0.15) is 0 Å². The summed E-state index contributed by atoms with van der Waals surface area (Å²) in [4.78, 5) is 16.7. The fourth-order valence-electron chi connectivity index (χ4n) is 3.63. The molecule has 1 N–H and O–H groups in total. The lowest BCUT2D eigenvalue weighted by Gasteiger charge is -2.36. The molecule has 4 nitrogen and oxygen atoms in total. The number of hydrogen-bond acceptors (Lipinski definition) is 2. The Bertz CT molecular complexity index is 520. The van der Waals surface area contributed by atoms with Crippen LogP contribution in [0.25, 0.3) is 0 Å². The van der Waals surface area contributed by atoms with Crippen molar-refractivity contribution < 1.29 is 9.18 Å². The number of piperazine rings is 1. The van der Waals surface area contributed by atoms with Crippen LogP contribution in [0.1, 0.15) is 37.7 Å². The lowest BCUT2D eigenvalue weighted by Crippen LogP contribution is -2.53. The summed E-state index contributed by atoms with van der Waals surface area (Å²) in [6.07, 6.45) is 6.96. The predicted octanol–water partition coefficient (Wildman–Crippen LogP) is 3.03. The maximum atomic E-state index is 12.9. The minimum absolute atomic E-state index is 0.111. The lowest BCUT2D eigenvalue weighted by molar-refractivity contribution is 0.136. The maximum Gasteiger partial charge on any atom is 0.317 e. The van der Waals surface area contributed by atoms with Gasteiger partial charge >= 0.3 is 6.03 Å². The quantitative estimate of drug-likeness (QED) is 0.919. The van der Waals surface area contributed by atoms with Crippen LogP contribution in [0.4, 0.5) is 9.18 Å². The van der Waals surface area contributed by atoms with Crippen LogP contribution in [0.5, 0.6) is 0 Å². The van der Waals surface area contributed by atoms with Gasteiger partial charge in [0.05, 0.1) is 0 Å². The molecule has 0 atom stereocenters. The van der Waals surface area contributed by atoms with E-state index in [1.807, 2.05) is 17.0 Å². The number of carbonyl (C=O) groups excluding carboxylic acids is 1. The van der Waals surface area contributed by atoms with E-state index < -0.39 is 0 Å². The molecule has 2 fully saturated rings. The summed E-state index contributed by atoms with van der Waals surface area (Å²) in [5.74, 6) is -0.184. The van der Waals surface area contributed by atoms with E-state index in [0.29, 0.717) is 6.04 Å². The summed E-state index contributed by atoms with van der Waals surface area (Å²) < 4.78 is 12.9. The van der Waals surface area contributed by atoms with Gasteiger partial charge in [-0.1, -0.05) is 31.4 Å². The molecule has 3 rings (SSSR count). The molecule has 1 saturated carbocycles. The van der Waals surface area contributed by atoms with E-state index in [1.54, 1.807) is 0 Å². The fourth-order valence-corrected chi connectivity index (χ4v) is 3.63. The first-order valence-electron chi connectivity index (χ1n) is 9.23. The topological polar surface area (TPSA) is 35.6 Å². The highest BCUT2D eigenvalue weighted by Crippen LogP contribution is 2.17. The van der Waals surface area contributed by atoms with Crippen molar-refractivity contribution in [3.8, 4) is 0 Å². The number of carbonyl (C=O) groups is 1. The largest absolute Gasteiger partial charge is 0.335 e. The number of nitrogens with zero attached hydrogens (tertiary/aromatic N) is 2. The highest BCUT2D eigenvalue weighted by atomic mass is 19.1. The smallest absolute Gasteiger partial charge is 0.317 e. The van der Waals surface area contributed by atoms with Gasteiger partial charge in [0.15, 0.2) is 0 Å². The second-order valence-corrected chi connectivity index (χ2v) is 6.99. The summed E-state index contributed by atoms with van der Waals surface area (Å²) in [5.41, 5.74) is 1.16. The number of nitrogens with one attached hydrogen (secondary N) is 1. The second-order valence-electron chi connectivity index (χ2n) is 6.99. The monoisotopic (exact) mass is 333 g/mol. The molecule has 132 valence electrons. The van der Waals surface area contributed by atoms with Crippen molar-refractivity contribution in [2.75, 3.05) is 32.7 Å². The zero-order valence-corrected chi connectivity index (χ0v) is 14.3. The Labute approximate surface area is 144 Å². The molecular weight excluding hydrogens is 305 g/mol. The highest BCUT2D eigenvalue weighted by Gasteiger charge is 2.23. The minimum atomic E-state index is -0.184. The van der Waals surface area contributed by atoms with Crippen molar-refractivity contribution in [1.29, 1.82) is 0 Å². The Balaban J connectivity index is 1.37. The van der Waals surface area contributed by atoms with E-state index >= 15 is 0 Å². The summed E-state index contributed by atoms with van der Waals surface area (Å²) in [6.45, 7) is 4.38. The van der Waals surface area contributed by atoms with Gasteiger partial charge in [0.1, 0.15) is 5.82 Å². The molecular formula is C19H28FN3O. The Kier molecular flexibility index (Phi) is 6.07. The first kappa shape index (κ1) is 17.2. The second kappa shape index (κ2) is 8.47. The van der Waals surface area contributed by atoms with Crippen molar-refractivity contribution in [2.24, 2.45) is 0 Å². The van der Waals surface area contributed by atoms with E-state index in [1.165, 1.54) is 31.4 Å². The third-order valence-corrected chi connectivity index (χ3v) is 5.22. The summed E-state index contributed by atoms with van der Waals surface area (Å²) in [7, 11) is 0. The number of benzene rings is 1. The van der Waals surface area contributed by atoms with Crippen molar-refractivity contribution >= 4 is 6.03 Å². The van der Waals surface area contributed by atoms with Crippen LogP contribution in [0.15, 0.2) is 24.3 Å². The molecule has 1 aliphatic carbocycles. The number of rotatable bonds is 4. The molecule has 24 heavy (non-hydrogen) atoms. The zero-order valence-electron chi connectivity index (χ0n) is 14.3. The Morgan fingerprint density at radius 2 is 1.71 bits per heavy atom. The maximum absolute atomic E-state index is 12.9. The van der Waals surface area contributed by atoms with E-state index in [0.717, 1.165) is 57.5 Å². The predicted molar refractivity (Wildman–Crippen MR) is 93.5 cm³/mol. The molecule has 0 bridgehead atoms. The standard InChI is InChI=1S/C19H28FN3O/c20-17-8-6-16(7-9-17)10-11-22-12-14-23(15-13-22)19(24)21-18-4-2-1-3-5-18/h6-9,18H,1-5,10-15H2,(H,21,24). The molecule has 0 spiro atoms. The number of halogens is 1. The molecule has 1 aromatic carbocycles. The normalized spacial score (nSPS) is 20.1. The van der Waals surface area contributed by atoms with Gasteiger partial charge in [0.2, 0.25) is 0 Å². The van der Waals surface area contributed by atoms with E-state index in [9.17, 15) is 9.18 Å². The van der Waals surface area contributed by atoms with E-state index in [2.05, 4.69) is 10.2 Å². The Morgan fingerprint density at radius 3 is 2.38 bits per heavy atom. The van der Waals surface area contributed by atoms with Gasteiger partial charge < -0.3 is 10.2 Å². The van der Waals surface area contributed by atoms with Gasteiger partial charge in [-0.05, 0) is 37.0 Å². The molecule has 1 saturated heterocycles. The molecule has 0 radical (unpaired) electrons. The molecule has 1 aliphatic heterocycles. The number of urea groups is 1. The van der Waals surface area contributed by atoms with Gasteiger partial charge in [0, 0.05) is 38.8 Å². The summed E-state index contributed by atoms with van der Waals surface area (Å²) in [5, 5.41) is 3.20. The van der Waals surface area contributed by atoms with Gasteiger partial charge in [-0.3, -0.25) is 4.90 Å². The Morgan fingerprint density at radius 1 is 1.04 bits per heavy atom. The molecule has 2 amide bonds. The van der Waals surface area contributed by atoms with Crippen molar-refractivity contribution in [3.63, 3.8) is 0 Å². The van der Waals surface area contributed by atoms with Crippen LogP contribution in [0, 0.1) is 5.82 Å². The van der Waals surface area contributed by atoms with Crippen LogP contribution in [0.2, 0.25) is 0 Å². The Hall–Kier alpha value is -1.62. The van der Waals surface area contributed by atoms with Crippen LogP contribution in [-0.4, -0.2) is 54.6 Å². The zero-order chi connectivity index (χ0) is 16.8. The van der Waals surface area contributed by atoms with E-state index in [4.69, 9.17) is 0 Å². The van der Waals surface area contributed by atoms with E-state index in [-0.39, 0.29) is 11.8 Å². The number of hydrogen-bond donors (Lipinski definition) is 1. The molecule has 0 unspecified atom stereocenters. The first-order chi connectivity index (χ1) is 11.7. The summed E-state index contributed by atoms with van der Waals surface area (Å²) in [6, 6.07) is 7.22. The van der Waals surface area contributed by atoms with Gasteiger partial charge in [-0.25, -0.2) is 9.18 Å². The van der Waals surface area contributed by atoms with Crippen molar-refractivity contribution in [2.45, 2.75) is 44.6 Å². The number of amides is 2. The SMILES string of the molecule is O=C(NC1CCCCC1)N1CCN(CCc2ccc(F)cc2)CC1. The average molecular weight is 333 g/mol. The fraction of sp³-hybridized carbons (Fsp3) is 0.632. The molecule has 1 heterocycles. The third-order valence-electron chi connectivity index (χ3n) is 5.22. The molecule has 2 aliphatic rings. The first-order valence-corrected chi connectivity index (χ1v) is 9.23. The van der Waals surface area contributed by atoms with Crippen LogP contribution >= 0.6 is 0 Å². The van der Waals surface area contributed by atoms with Crippen molar-refractivity contribution in [1.82, 2.24) is 15.1 Å². The van der Waals surface area contributed by atoms with Crippen molar-refractivity contribution in [3.05, 3.63) is 35.6 Å². The van der Waals surface area contributed by atoms with Crippen LogP contribution in [0.3, 0.4) is 0 Å². The van der Waals surface area contributed by atoms with Gasteiger partial charge in [-0.15, -0.1) is 0 Å². The molecule has 0 aromatic heterocycles. The van der Waals surface area contributed by atoms with Crippen LogP contribution < -0.4 is 5.32 Å². The molecule has 5 heteroatoms. The summed E-state index contributed by atoms with van der Waals surface area (Å²) >= 11 is 0. The average Bonchev–Trinajstić information content (AvgIpc) is 2.62.